The average Bonchev–Trinajstić information content (AvgIpc) is 3.01. The van der Waals surface area contributed by atoms with E-state index in [0.29, 0.717) is 18.4 Å². The summed E-state index contributed by atoms with van der Waals surface area (Å²) in [6, 6.07) is 0. The second kappa shape index (κ2) is 4.51. The van der Waals surface area contributed by atoms with Gasteiger partial charge in [-0.3, -0.25) is 0 Å². The highest BCUT2D eigenvalue weighted by Gasteiger charge is 2.26. The van der Waals surface area contributed by atoms with E-state index in [-0.39, 0.29) is 6.10 Å². The van der Waals surface area contributed by atoms with Crippen LogP contribution in [-0.4, -0.2) is 29.8 Å². The number of ether oxygens (including phenoxy) is 1. The van der Waals surface area contributed by atoms with Gasteiger partial charge in [0.15, 0.2) is 5.82 Å². The van der Waals surface area contributed by atoms with Crippen LogP contribution < -0.4 is 5.32 Å². The van der Waals surface area contributed by atoms with Gasteiger partial charge in [-0.2, -0.15) is 4.98 Å². The number of nitrogens with zero attached hydrogens (tertiary/aromatic N) is 2. The molecule has 1 aromatic rings. The Labute approximate surface area is 94.6 Å². The molecule has 16 heavy (non-hydrogen) atoms. The van der Waals surface area contributed by atoms with Gasteiger partial charge in [-0.15, -0.1) is 0 Å². The second-order valence-electron chi connectivity index (χ2n) is 4.54. The van der Waals surface area contributed by atoms with Crippen molar-refractivity contribution in [1.82, 2.24) is 15.5 Å². The maximum atomic E-state index is 5.58. The molecule has 88 valence electrons. The van der Waals surface area contributed by atoms with E-state index in [1.54, 1.807) is 0 Å². The van der Waals surface area contributed by atoms with Crippen LogP contribution in [0.5, 0.6) is 0 Å². The van der Waals surface area contributed by atoms with Crippen LogP contribution in [-0.2, 0) is 4.74 Å². The minimum atomic E-state index is -0.0589. The van der Waals surface area contributed by atoms with Crippen LogP contribution in [0.3, 0.4) is 0 Å². The first-order valence-corrected chi connectivity index (χ1v) is 6.09. The van der Waals surface area contributed by atoms with Gasteiger partial charge in [0.25, 0.3) is 5.89 Å². The maximum absolute atomic E-state index is 5.58. The van der Waals surface area contributed by atoms with Crippen molar-refractivity contribution in [3.8, 4) is 0 Å². The summed E-state index contributed by atoms with van der Waals surface area (Å²) in [5.41, 5.74) is 0. The van der Waals surface area contributed by atoms with Crippen molar-refractivity contribution >= 4 is 0 Å². The van der Waals surface area contributed by atoms with Crippen molar-refractivity contribution in [3.05, 3.63) is 11.7 Å². The molecule has 0 bridgehead atoms. The molecule has 2 heterocycles. The minimum absolute atomic E-state index is 0.0589. The van der Waals surface area contributed by atoms with Crippen LogP contribution in [0.25, 0.3) is 0 Å². The number of morpholine rings is 1. The SMILES string of the molecule is C1CCC(c2noc([C@H]3CNCCO3)n2)C1. The lowest BCUT2D eigenvalue weighted by Crippen LogP contribution is -2.33. The van der Waals surface area contributed by atoms with Gasteiger partial charge in [0, 0.05) is 19.0 Å². The van der Waals surface area contributed by atoms with Crippen LogP contribution in [0.15, 0.2) is 4.52 Å². The molecule has 1 saturated heterocycles. The summed E-state index contributed by atoms with van der Waals surface area (Å²) in [5.74, 6) is 2.02. The van der Waals surface area contributed by atoms with Crippen molar-refractivity contribution in [2.45, 2.75) is 37.7 Å². The Morgan fingerprint density at radius 3 is 2.88 bits per heavy atom. The van der Waals surface area contributed by atoms with Crippen LogP contribution in [0.2, 0.25) is 0 Å². The Kier molecular flexibility index (Phi) is 2.88. The Balaban J connectivity index is 1.71. The number of aromatic nitrogens is 2. The van der Waals surface area contributed by atoms with Gasteiger partial charge in [0.05, 0.1) is 6.61 Å². The summed E-state index contributed by atoms with van der Waals surface area (Å²) >= 11 is 0. The highest BCUT2D eigenvalue weighted by molar-refractivity contribution is 5.00. The van der Waals surface area contributed by atoms with Gasteiger partial charge in [0.2, 0.25) is 0 Å². The molecule has 5 heteroatoms. The summed E-state index contributed by atoms with van der Waals surface area (Å²) in [7, 11) is 0. The molecule has 1 aromatic heterocycles. The summed E-state index contributed by atoms with van der Waals surface area (Å²) < 4.78 is 10.9. The third kappa shape index (κ3) is 1.97. The maximum Gasteiger partial charge on any atom is 0.257 e. The lowest BCUT2D eigenvalue weighted by atomic mass is 10.1. The molecule has 1 aliphatic heterocycles. The molecule has 3 rings (SSSR count). The van der Waals surface area contributed by atoms with E-state index in [9.17, 15) is 0 Å². The molecule has 1 saturated carbocycles. The molecule has 2 aliphatic rings. The zero-order chi connectivity index (χ0) is 10.8. The summed E-state index contributed by atoms with van der Waals surface area (Å²) in [4.78, 5) is 4.47. The highest BCUT2D eigenvalue weighted by Crippen LogP contribution is 2.32. The standard InChI is InChI=1S/C11H17N3O2/c1-2-4-8(3-1)10-13-11(16-14-10)9-7-12-5-6-15-9/h8-9,12H,1-7H2/t9-/m1/s1. The Morgan fingerprint density at radius 1 is 1.25 bits per heavy atom. The quantitative estimate of drug-likeness (QED) is 0.821. The van der Waals surface area contributed by atoms with Crippen molar-refractivity contribution in [2.24, 2.45) is 0 Å². The minimum Gasteiger partial charge on any atom is -0.366 e. The third-order valence-corrected chi connectivity index (χ3v) is 3.38. The number of hydrogen-bond donors (Lipinski definition) is 1. The number of nitrogens with one attached hydrogen (secondary N) is 1. The fraction of sp³-hybridized carbons (Fsp3) is 0.818. The van der Waals surface area contributed by atoms with E-state index in [0.717, 1.165) is 18.9 Å². The Morgan fingerprint density at radius 2 is 2.12 bits per heavy atom. The van der Waals surface area contributed by atoms with Crippen molar-refractivity contribution in [3.63, 3.8) is 0 Å². The fourth-order valence-electron chi connectivity index (χ4n) is 2.45. The fourth-order valence-corrected chi connectivity index (χ4v) is 2.45. The zero-order valence-electron chi connectivity index (χ0n) is 9.32. The molecule has 2 fully saturated rings. The predicted molar refractivity (Wildman–Crippen MR) is 57.1 cm³/mol. The van der Waals surface area contributed by atoms with Gasteiger partial charge in [-0.25, -0.2) is 0 Å². The van der Waals surface area contributed by atoms with E-state index in [4.69, 9.17) is 9.26 Å². The topological polar surface area (TPSA) is 60.2 Å². The van der Waals surface area contributed by atoms with E-state index in [1.165, 1.54) is 25.7 Å². The molecule has 0 radical (unpaired) electrons. The van der Waals surface area contributed by atoms with Crippen LogP contribution in [0.4, 0.5) is 0 Å². The molecule has 1 atom stereocenters. The zero-order valence-corrected chi connectivity index (χ0v) is 9.32. The number of rotatable bonds is 2. The smallest absolute Gasteiger partial charge is 0.257 e. The number of hydrogen-bond acceptors (Lipinski definition) is 5. The van der Waals surface area contributed by atoms with Gasteiger partial charge in [-0.05, 0) is 12.8 Å². The van der Waals surface area contributed by atoms with Crippen molar-refractivity contribution in [1.29, 1.82) is 0 Å². The summed E-state index contributed by atoms with van der Waals surface area (Å²) in [5, 5.41) is 7.34. The molecular weight excluding hydrogens is 206 g/mol. The molecule has 1 N–H and O–H groups in total. The largest absolute Gasteiger partial charge is 0.366 e. The normalized spacial score (nSPS) is 27.4. The van der Waals surface area contributed by atoms with Crippen molar-refractivity contribution in [2.75, 3.05) is 19.7 Å². The lowest BCUT2D eigenvalue weighted by molar-refractivity contribution is 0.00755. The van der Waals surface area contributed by atoms with Crippen LogP contribution >= 0.6 is 0 Å². The lowest BCUT2D eigenvalue weighted by Gasteiger charge is -2.19. The molecule has 5 nitrogen and oxygen atoms in total. The molecular formula is C11H17N3O2. The van der Waals surface area contributed by atoms with Gasteiger partial charge < -0.3 is 14.6 Å². The summed E-state index contributed by atoms with van der Waals surface area (Å²) in [6.45, 7) is 2.39. The van der Waals surface area contributed by atoms with E-state index < -0.39 is 0 Å². The van der Waals surface area contributed by atoms with Crippen molar-refractivity contribution < 1.29 is 9.26 Å². The van der Waals surface area contributed by atoms with Crippen LogP contribution in [0.1, 0.15) is 49.4 Å². The van der Waals surface area contributed by atoms with E-state index in [1.807, 2.05) is 0 Å². The van der Waals surface area contributed by atoms with Gasteiger partial charge in [-0.1, -0.05) is 18.0 Å². The van der Waals surface area contributed by atoms with E-state index in [2.05, 4.69) is 15.5 Å². The van der Waals surface area contributed by atoms with Gasteiger partial charge >= 0.3 is 0 Å². The monoisotopic (exact) mass is 223 g/mol. The second-order valence-corrected chi connectivity index (χ2v) is 4.54. The van der Waals surface area contributed by atoms with Gasteiger partial charge in [0.1, 0.15) is 6.10 Å². The van der Waals surface area contributed by atoms with E-state index >= 15 is 0 Å². The highest BCUT2D eigenvalue weighted by atomic mass is 16.5. The third-order valence-electron chi connectivity index (χ3n) is 3.38. The molecule has 1 aliphatic carbocycles. The Hall–Kier alpha value is -0.940. The first kappa shape index (κ1) is 10.2. The molecule has 0 aromatic carbocycles. The van der Waals surface area contributed by atoms with Crippen LogP contribution in [0, 0.1) is 0 Å². The Bertz CT molecular complexity index is 341. The first-order chi connectivity index (χ1) is 7.93. The molecule has 0 amide bonds. The molecule has 0 spiro atoms. The molecule has 0 unspecified atom stereocenters. The first-order valence-electron chi connectivity index (χ1n) is 6.09. The summed E-state index contributed by atoms with van der Waals surface area (Å²) in [6.07, 6.45) is 4.91. The average molecular weight is 223 g/mol. The predicted octanol–water partition coefficient (Wildman–Crippen LogP) is 1.39.